The molecule has 14 heteroatoms. The van der Waals surface area contributed by atoms with E-state index in [9.17, 15) is 4.79 Å². The minimum Gasteiger partial charge on any atom is -0.444 e. The first-order valence-electron chi connectivity index (χ1n) is 18.1. The normalized spacial score (nSPS) is 25.2. The second-order valence-corrected chi connectivity index (χ2v) is 15.4. The van der Waals surface area contributed by atoms with Crippen molar-refractivity contribution in [3.8, 4) is 11.5 Å². The number of H-pyrrole nitrogens is 1. The molecule has 8 heterocycles. The van der Waals surface area contributed by atoms with Gasteiger partial charge in [-0.15, -0.1) is 5.10 Å². The summed E-state index contributed by atoms with van der Waals surface area (Å²) in [7, 11) is 0. The number of hydrogen-bond acceptors (Lipinski definition) is 11. The van der Waals surface area contributed by atoms with Crippen molar-refractivity contribution in [2.45, 2.75) is 103 Å². The van der Waals surface area contributed by atoms with Gasteiger partial charge in [0, 0.05) is 50.0 Å². The summed E-state index contributed by atoms with van der Waals surface area (Å²) in [5.41, 5.74) is 3.64. The molecule has 14 nitrogen and oxygen atoms in total. The van der Waals surface area contributed by atoms with Crippen LogP contribution in [0.5, 0.6) is 0 Å². The summed E-state index contributed by atoms with van der Waals surface area (Å²) >= 11 is 0. The number of pyridine rings is 1. The van der Waals surface area contributed by atoms with Gasteiger partial charge in [-0.1, -0.05) is 6.92 Å². The zero-order chi connectivity index (χ0) is 34.6. The van der Waals surface area contributed by atoms with E-state index in [1.54, 1.807) is 6.20 Å². The molecule has 8 rings (SSSR count). The number of imidazole rings is 1. The molecule has 1 unspecified atom stereocenters. The van der Waals surface area contributed by atoms with Crippen molar-refractivity contribution in [3.05, 3.63) is 36.4 Å². The zero-order valence-corrected chi connectivity index (χ0v) is 29.7. The lowest BCUT2D eigenvalue weighted by molar-refractivity contribution is -0.0368. The third-order valence-electron chi connectivity index (χ3n) is 10.8. The van der Waals surface area contributed by atoms with Crippen LogP contribution in [0, 0.1) is 5.41 Å². The summed E-state index contributed by atoms with van der Waals surface area (Å²) in [4.78, 5) is 40.3. The van der Waals surface area contributed by atoms with Crippen LogP contribution in [-0.4, -0.2) is 91.4 Å². The van der Waals surface area contributed by atoms with Crippen molar-refractivity contribution in [1.29, 1.82) is 0 Å². The molecule has 0 aromatic carbocycles. The molecule has 266 valence electrons. The molecule has 4 aliphatic heterocycles. The minimum atomic E-state index is -0.563. The van der Waals surface area contributed by atoms with Crippen LogP contribution >= 0.6 is 0 Å². The molecule has 2 N–H and O–H groups in total. The zero-order valence-electron chi connectivity index (χ0n) is 29.7. The molecular formula is C36H48N10O4. The van der Waals surface area contributed by atoms with Crippen molar-refractivity contribution in [2.75, 3.05) is 42.6 Å². The lowest BCUT2D eigenvalue weighted by atomic mass is 9.73. The number of piperidine rings is 1. The van der Waals surface area contributed by atoms with E-state index >= 15 is 0 Å². The summed E-state index contributed by atoms with van der Waals surface area (Å²) in [5, 5.41) is 8.36. The molecule has 1 amide bonds. The Morgan fingerprint density at radius 1 is 1.06 bits per heavy atom. The summed E-state index contributed by atoms with van der Waals surface area (Å²) in [6.07, 6.45) is 10.4. The highest BCUT2D eigenvalue weighted by atomic mass is 16.6. The van der Waals surface area contributed by atoms with Crippen LogP contribution in [0.4, 0.5) is 22.1 Å². The van der Waals surface area contributed by atoms with Crippen LogP contribution in [0.2, 0.25) is 0 Å². The summed E-state index contributed by atoms with van der Waals surface area (Å²) < 4.78 is 20.0. The first kappa shape index (κ1) is 32.9. The second kappa shape index (κ2) is 12.8. The molecule has 4 aromatic heterocycles. The van der Waals surface area contributed by atoms with Gasteiger partial charge in [-0.25, -0.2) is 29.4 Å². The van der Waals surface area contributed by atoms with Crippen LogP contribution in [0.3, 0.4) is 0 Å². The monoisotopic (exact) mass is 684 g/mol. The van der Waals surface area contributed by atoms with Crippen molar-refractivity contribution < 1.29 is 19.0 Å². The number of aromatic amines is 1. The Balaban J connectivity index is 1.09. The fourth-order valence-corrected chi connectivity index (χ4v) is 8.05. The van der Waals surface area contributed by atoms with Gasteiger partial charge in [0.2, 0.25) is 0 Å². The van der Waals surface area contributed by atoms with Gasteiger partial charge in [-0.05, 0) is 78.4 Å². The number of nitrogens with zero attached hydrogens (tertiary/aromatic N) is 8. The van der Waals surface area contributed by atoms with Crippen LogP contribution < -0.4 is 15.1 Å². The van der Waals surface area contributed by atoms with E-state index in [-0.39, 0.29) is 23.8 Å². The highest BCUT2D eigenvalue weighted by Gasteiger charge is 2.50. The number of aromatic nitrogens is 7. The van der Waals surface area contributed by atoms with E-state index in [0.29, 0.717) is 19.1 Å². The van der Waals surface area contributed by atoms with Crippen LogP contribution in [0.25, 0.3) is 22.7 Å². The summed E-state index contributed by atoms with van der Waals surface area (Å²) in [6, 6.07) is 4.02. The molecule has 4 aromatic rings. The van der Waals surface area contributed by atoms with Crippen molar-refractivity contribution in [3.63, 3.8) is 0 Å². The largest absolute Gasteiger partial charge is 0.444 e. The minimum absolute atomic E-state index is 0.0942. The Kier molecular flexibility index (Phi) is 8.41. The number of alkyl carbamates (subject to hydrolysis) is 1. The third-order valence-corrected chi connectivity index (χ3v) is 10.8. The molecular weight excluding hydrogens is 636 g/mol. The molecule has 3 fully saturated rings. The Morgan fingerprint density at radius 2 is 1.90 bits per heavy atom. The van der Waals surface area contributed by atoms with Crippen LogP contribution in [0.1, 0.15) is 91.0 Å². The highest BCUT2D eigenvalue weighted by Crippen LogP contribution is 2.44. The quantitative estimate of drug-likeness (QED) is 0.261. The van der Waals surface area contributed by atoms with Gasteiger partial charge in [-0.3, -0.25) is 0 Å². The fourth-order valence-electron chi connectivity index (χ4n) is 8.05. The maximum absolute atomic E-state index is 12.8. The number of anilines is 3. The van der Waals surface area contributed by atoms with E-state index < -0.39 is 11.7 Å². The van der Waals surface area contributed by atoms with Gasteiger partial charge in [0.15, 0.2) is 29.0 Å². The van der Waals surface area contributed by atoms with Gasteiger partial charge < -0.3 is 34.3 Å². The fraction of sp³-hybridized carbons (Fsp3) is 0.611. The van der Waals surface area contributed by atoms with Crippen LogP contribution in [-0.2, 0) is 14.2 Å². The molecule has 0 radical (unpaired) electrons. The lowest BCUT2D eigenvalue weighted by Gasteiger charge is -2.42. The van der Waals surface area contributed by atoms with Gasteiger partial charge >= 0.3 is 6.09 Å². The Labute approximate surface area is 292 Å². The smallest absolute Gasteiger partial charge is 0.407 e. The first-order valence-corrected chi connectivity index (χ1v) is 18.1. The Morgan fingerprint density at radius 3 is 2.64 bits per heavy atom. The number of carbonyl (C=O) groups excluding carboxylic acids is 1. The highest BCUT2D eigenvalue weighted by molar-refractivity contribution is 5.88. The number of fused-ring (bicyclic) bond motifs is 2. The number of carbonyl (C=O) groups is 1. The SMILES string of the molecule is C[C@@H]1OCC2(CCN(c3cnc4c(N5CC[C@H](C)c6nc(-c7ncc[nH]7)ccc65)nn(C5CCCCO5)c4n3)CC2)[C@@H]1NC(=O)OC(C)(C)C. The van der Waals surface area contributed by atoms with Crippen molar-refractivity contribution in [1.82, 2.24) is 40.0 Å². The number of amides is 1. The molecule has 4 atom stereocenters. The lowest BCUT2D eigenvalue weighted by Crippen LogP contribution is -2.55. The maximum Gasteiger partial charge on any atom is 0.407 e. The van der Waals surface area contributed by atoms with E-state index in [2.05, 4.69) is 38.1 Å². The summed E-state index contributed by atoms with van der Waals surface area (Å²) in [5.74, 6) is 2.64. The van der Waals surface area contributed by atoms with E-state index in [1.165, 1.54) is 0 Å². The molecule has 0 aliphatic carbocycles. The molecule has 0 bridgehead atoms. The van der Waals surface area contributed by atoms with Gasteiger partial charge in [0.1, 0.15) is 17.1 Å². The Bertz CT molecular complexity index is 1840. The number of rotatable bonds is 5. The van der Waals surface area contributed by atoms with Gasteiger partial charge in [0.05, 0.1) is 36.3 Å². The maximum atomic E-state index is 12.8. The van der Waals surface area contributed by atoms with E-state index in [4.69, 9.17) is 34.3 Å². The molecule has 1 spiro atoms. The first-order chi connectivity index (χ1) is 24.1. The number of nitrogens with one attached hydrogen (secondary N) is 2. The van der Waals surface area contributed by atoms with Crippen molar-refractivity contribution in [2.24, 2.45) is 5.41 Å². The number of hydrogen-bond donors (Lipinski definition) is 2. The topological polar surface area (TPSA) is 148 Å². The van der Waals surface area contributed by atoms with E-state index in [1.807, 2.05) is 50.8 Å². The predicted octanol–water partition coefficient (Wildman–Crippen LogP) is 5.85. The average Bonchev–Trinajstić information content (AvgIpc) is 3.85. The van der Waals surface area contributed by atoms with Gasteiger partial charge in [-0.2, -0.15) is 0 Å². The second-order valence-electron chi connectivity index (χ2n) is 15.4. The van der Waals surface area contributed by atoms with Crippen molar-refractivity contribution >= 4 is 34.6 Å². The molecule has 3 saturated heterocycles. The predicted molar refractivity (Wildman–Crippen MR) is 188 cm³/mol. The average molecular weight is 685 g/mol. The molecule has 4 aliphatic rings. The molecule has 50 heavy (non-hydrogen) atoms. The third kappa shape index (κ3) is 6.06. The number of ether oxygens (including phenoxy) is 3. The molecule has 0 saturated carbocycles. The van der Waals surface area contributed by atoms with Crippen LogP contribution in [0.15, 0.2) is 30.7 Å². The van der Waals surface area contributed by atoms with Gasteiger partial charge in [0.25, 0.3) is 0 Å². The standard InChI is InChI=1S/C36H48N10O4/c1-22-11-16-45(25-10-9-24(40-28(22)25)31-37-14-15-38-31)33-29-32(46(43-33)27-8-6-7-19-48-27)41-26(20-39-29)44-17-12-36(13-18-44)21-49-23(2)30(36)42-34(47)50-35(3,4)5/h9-10,14-15,20,22-23,27,30H,6-8,11-13,16-19,21H2,1-5H3,(H,37,38)(H,42,47)/t22-,23-,27?,30+/m0/s1. The van der Waals surface area contributed by atoms with E-state index in [0.717, 1.165) is 104 Å². The summed E-state index contributed by atoms with van der Waals surface area (Å²) in [6.45, 7) is 13.5. The Hall–Kier alpha value is -4.30.